The normalized spacial score (nSPS) is 18.9. The van der Waals surface area contributed by atoms with Gasteiger partial charge in [0.15, 0.2) is 0 Å². The first-order chi connectivity index (χ1) is 7.74. The monoisotopic (exact) mass is 234 g/mol. The van der Waals surface area contributed by atoms with Crippen molar-refractivity contribution in [3.8, 4) is 6.07 Å². The van der Waals surface area contributed by atoms with E-state index in [0.717, 1.165) is 35.9 Å². The molecule has 0 spiro atoms. The highest BCUT2D eigenvalue weighted by atomic mass is 32.2. The van der Waals surface area contributed by atoms with Crippen LogP contribution < -0.4 is 4.90 Å². The zero-order valence-corrected chi connectivity index (χ0v) is 10.5. The maximum atomic E-state index is 9.10. The van der Waals surface area contributed by atoms with Crippen molar-refractivity contribution < 1.29 is 4.90 Å². The molecule has 1 aromatic heterocycles. The highest BCUT2D eigenvalue weighted by Gasteiger charge is 2.19. The molecule has 0 aromatic carbocycles. The summed E-state index contributed by atoms with van der Waals surface area (Å²) in [5, 5.41) is 10.0. The van der Waals surface area contributed by atoms with Gasteiger partial charge in [0.2, 0.25) is 0 Å². The molecule has 1 aromatic rings. The third-order valence-corrected chi connectivity index (χ3v) is 3.71. The number of likely N-dealkylation sites (N-methyl/N-ethyl adjacent to an activating group) is 1. The molecule has 0 amide bonds. The first-order valence-corrected chi connectivity index (χ1v) is 6.60. The van der Waals surface area contributed by atoms with Crippen LogP contribution in [0.1, 0.15) is 23.7 Å². The summed E-state index contributed by atoms with van der Waals surface area (Å²) in [6, 6.07) is 4.28. The Morgan fingerprint density at radius 3 is 3.12 bits per heavy atom. The van der Waals surface area contributed by atoms with Crippen molar-refractivity contribution in [1.29, 1.82) is 5.26 Å². The Kier molecular flexibility index (Phi) is 3.47. The Balaban J connectivity index is 2.41. The summed E-state index contributed by atoms with van der Waals surface area (Å²) in [6.07, 6.45) is 1.03. The minimum atomic E-state index is 0.736. The average molecular weight is 234 g/mol. The summed E-state index contributed by atoms with van der Waals surface area (Å²) < 4.78 is 0. The van der Waals surface area contributed by atoms with Gasteiger partial charge in [-0.3, -0.25) is 0 Å². The largest absolute Gasteiger partial charge is 0.333 e. The number of pyridine rings is 1. The molecule has 1 atom stereocenters. The van der Waals surface area contributed by atoms with Crippen LogP contribution in [0.25, 0.3) is 0 Å². The van der Waals surface area contributed by atoms with Crippen molar-refractivity contribution in [1.82, 2.24) is 4.98 Å². The van der Waals surface area contributed by atoms with E-state index < -0.39 is 0 Å². The molecule has 4 heteroatoms. The van der Waals surface area contributed by atoms with Gasteiger partial charge in [-0.2, -0.15) is 5.26 Å². The molecule has 0 bridgehead atoms. The SMILES string of the molecule is CCSc1nc2c(cc1C#N)C[NH+](C)CC2. The molecular weight excluding hydrogens is 218 g/mol. The Bertz CT molecular complexity index is 437. The number of fused-ring (bicyclic) bond motifs is 1. The number of nitriles is 1. The van der Waals surface area contributed by atoms with Crippen molar-refractivity contribution in [3.63, 3.8) is 0 Å². The lowest BCUT2D eigenvalue weighted by Crippen LogP contribution is -3.08. The van der Waals surface area contributed by atoms with Crippen LogP contribution in [0.4, 0.5) is 0 Å². The van der Waals surface area contributed by atoms with E-state index >= 15 is 0 Å². The Hall–Kier alpha value is -1.05. The Morgan fingerprint density at radius 2 is 2.44 bits per heavy atom. The number of nitrogens with zero attached hydrogens (tertiary/aromatic N) is 2. The molecule has 1 aliphatic rings. The topological polar surface area (TPSA) is 41.1 Å². The van der Waals surface area contributed by atoms with Gasteiger partial charge in [-0.05, 0) is 11.8 Å². The molecule has 1 N–H and O–H groups in total. The molecule has 1 aliphatic heterocycles. The van der Waals surface area contributed by atoms with Gasteiger partial charge in [-0.15, -0.1) is 11.8 Å². The van der Waals surface area contributed by atoms with Crippen LogP contribution in [0.3, 0.4) is 0 Å². The van der Waals surface area contributed by atoms with E-state index in [1.165, 1.54) is 16.2 Å². The summed E-state index contributed by atoms with van der Waals surface area (Å²) in [4.78, 5) is 6.13. The first-order valence-electron chi connectivity index (χ1n) is 5.61. The third-order valence-electron chi connectivity index (χ3n) is 2.84. The molecule has 3 nitrogen and oxygen atoms in total. The average Bonchev–Trinajstić information content (AvgIpc) is 2.29. The van der Waals surface area contributed by atoms with Gasteiger partial charge in [0.05, 0.1) is 24.8 Å². The van der Waals surface area contributed by atoms with Crippen molar-refractivity contribution >= 4 is 11.8 Å². The number of rotatable bonds is 2. The molecule has 2 heterocycles. The second-order valence-electron chi connectivity index (χ2n) is 4.13. The van der Waals surface area contributed by atoms with Crippen LogP contribution in [0, 0.1) is 11.3 Å². The quantitative estimate of drug-likeness (QED) is 0.763. The standard InChI is InChI=1S/C12H15N3S/c1-3-16-12-9(7-13)6-10-8-15(2)5-4-11(10)14-12/h6H,3-5,8H2,1-2H3/p+1. The Morgan fingerprint density at radius 1 is 1.62 bits per heavy atom. The van der Waals surface area contributed by atoms with Crippen LogP contribution in [0.5, 0.6) is 0 Å². The summed E-state index contributed by atoms with van der Waals surface area (Å²) >= 11 is 1.66. The molecule has 84 valence electrons. The predicted octanol–water partition coefficient (Wildman–Crippen LogP) is 0.636. The minimum Gasteiger partial charge on any atom is -0.333 e. The molecule has 1 unspecified atom stereocenters. The zero-order valence-electron chi connectivity index (χ0n) is 9.71. The van der Waals surface area contributed by atoms with E-state index in [1.54, 1.807) is 11.8 Å². The smallest absolute Gasteiger partial charge is 0.114 e. The highest BCUT2D eigenvalue weighted by molar-refractivity contribution is 7.99. The van der Waals surface area contributed by atoms with Crippen LogP contribution >= 0.6 is 11.8 Å². The number of thioether (sulfide) groups is 1. The van der Waals surface area contributed by atoms with Crippen molar-refractivity contribution in [2.24, 2.45) is 0 Å². The molecule has 0 fully saturated rings. The van der Waals surface area contributed by atoms with Crippen molar-refractivity contribution in [2.45, 2.75) is 24.9 Å². The summed E-state index contributed by atoms with van der Waals surface area (Å²) in [7, 11) is 2.18. The van der Waals surface area contributed by atoms with Crippen LogP contribution in [0.15, 0.2) is 11.1 Å². The molecule has 0 saturated carbocycles. The van der Waals surface area contributed by atoms with Gasteiger partial charge in [0.1, 0.15) is 17.6 Å². The molecule has 16 heavy (non-hydrogen) atoms. The fraction of sp³-hybridized carbons (Fsp3) is 0.500. The molecule has 0 aliphatic carbocycles. The minimum absolute atomic E-state index is 0.736. The molecular formula is C12H16N3S+. The van der Waals surface area contributed by atoms with E-state index in [0.29, 0.717) is 0 Å². The fourth-order valence-electron chi connectivity index (χ4n) is 2.02. The maximum absolute atomic E-state index is 9.10. The second kappa shape index (κ2) is 4.86. The van der Waals surface area contributed by atoms with Crippen molar-refractivity contribution in [3.05, 3.63) is 22.9 Å². The van der Waals surface area contributed by atoms with Crippen LogP contribution in [0.2, 0.25) is 0 Å². The lowest BCUT2D eigenvalue weighted by Gasteiger charge is -2.22. The maximum Gasteiger partial charge on any atom is 0.114 e. The predicted molar refractivity (Wildman–Crippen MR) is 64.5 cm³/mol. The number of hydrogen-bond donors (Lipinski definition) is 1. The van der Waals surface area contributed by atoms with Gasteiger partial charge in [-0.25, -0.2) is 4.98 Å². The highest BCUT2D eigenvalue weighted by Crippen LogP contribution is 2.23. The summed E-state index contributed by atoms with van der Waals surface area (Å²) in [5.41, 5.74) is 3.18. The van der Waals surface area contributed by atoms with E-state index in [4.69, 9.17) is 5.26 Å². The van der Waals surface area contributed by atoms with Crippen LogP contribution in [-0.4, -0.2) is 24.3 Å². The molecule has 0 radical (unpaired) electrons. The zero-order chi connectivity index (χ0) is 11.5. The first kappa shape index (κ1) is 11.4. The van der Waals surface area contributed by atoms with Gasteiger partial charge in [-0.1, -0.05) is 6.92 Å². The van der Waals surface area contributed by atoms with Gasteiger partial charge in [0, 0.05) is 12.0 Å². The number of quaternary nitrogens is 1. The van der Waals surface area contributed by atoms with E-state index in [2.05, 4.69) is 25.0 Å². The van der Waals surface area contributed by atoms with Gasteiger partial charge >= 0.3 is 0 Å². The van der Waals surface area contributed by atoms with E-state index in [1.807, 2.05) is 6.07 Å². The number of nitrogens with one attached hydrogen (secondary N) is 1. The fourth-order valence-corrected chi connectivity index (χ4v) is 2.72. The third kappa shape index (κ3) is 2.21. The number of aromatic nitrogens is 1. The lowest BCUT2D eigenvalue weighted by atomic mass is 10.0. The molecule has 2 rings (SSSR count). The van der Waals surface area contributed by atoms with Gasteiger partial charge < -0.3 is 4.90 Å². The van der Waals surface area contributed by atoms with Gasteiger partial charge in [0.25, 0.3) is 0 Å². The van der Waals surface area contributed by atoms with E-state index in [9.17, 15) is 0 Å². The number of hydrogen-bond acceptors (Lipinski definition) is 3. The second-order valence-corrected chi connectivity index (χ2v) is 5.38. The van der Waals surface area contributed by atoms with Crippen molar-refractivity contribution in [2.75, 3.05) is 19.3 Å². The summed E-state index contributed by atoms with van der Waals surface area (Å²) in [6.45, 7) is 4.22. The Labute approximate surface area is 100 Å². The van der Waals surface area contributed by atoms with Crippen LogP contribution in [-0.2, 0) is 13.0 Å². The molecule has 0 saturated heterocycles. The summed E-state index contributed by atoms with van der Waals surface area (Å²) in [5.74, 6) is 0.964. The van der Waals surface area contributed by atoms with E-state index in [-0.39, 0.29) is 0 Å². The lowest BCUT2D eigenvalue weighted by molar-refractivity contribution is -0.895.